The molecule has 1 unspecified atom stereocenters. The molecule has 1 saturated heterocycles. The third-order valence-corrected chi connectivity index (χ3v) is 4.24. The van der Waals surface area contributed by atoms with E-state index in [0.717, 1.165) is 38.0 Å². The number of hydrogen-bond donors (Lipinski definition) is 0. The number of aromatic nitrogens is 1. The molecule has 1 amide bonds. The summed E-state index contributed by atoms with van der Waals surface area (Å²) in [6.07, 6.45) is 6.83. The summed E-state index contributed by atoms with van der Waals surface area (Å²) in [5.41, 5.74) is 0. The van der Waals surface area contributed by atoms with Crippen LogP contribution in [0, 0.1) is 0 Å². The van der Waals surface area contributed by atoms with E-state index >= 15 is 0 Å². The summed E-state index contributed by atoms with van der Waals surface area (Å²) in [5, 5.41) is 3.95. The zero-order valence-electron chi connectivity index (χ0n) is 12.3. The molecule has 3 heterocycles. The van der Waals surface area contributed by atoms with Crippen LogP contribution < -0.4 is 0 Å². The normalized spacial score (nSPS) is 19.1. The van der Waals surface area contributed by atoms with Crippen molar-refractivity contribution in [2.45, 2.75) is 44.6 Å². The highest BCUT2D eigenvalue weighted by molar-refractivity contribution is 6.29. The summed E-state index contributed by atoms with van der Waals surface area (Å²) in [6.45, 7) is 0.779. The Bertz CT molecular complexity index is 609. The molecule has 2 aromatic heterocycles. The van der Waals surface area contributed by atoms with Crippen molar-refractivity contribution in [2.24, 2.45) is 0 Å². The molecule has 1 atom stereocenters. The molecule has 1 aliphatic heterocycles. The van der Waals surface area contributed by atoms with E-state index in [1.54, 1.807) is 12.3 Å². The molecular weight excluding hydrogens is 304 g/mol. The second-order valence-corrected chi connectivity index (χ2v) is 5.97. The van der Waals surface area contributed by atoms with Gasteiger partial charge in [0.05, 0.1) is 12.3 Å². The fraction of sp³-hybridized carbons (Fsp3) is 0.500. The minimum absolute atomic E-state index is 0.0447. The van der Waals surface area contributed by atoms with Crippen LogP contribution in [-0.4, -0.2) is 22.5 Å². The fourth-order valence-corrected chi connectivity index (χ4v) is 3.12. The van der Waals surface area contributed by atoms with Crippen molar-refractivity contribution >= 4 is 17.5 Å². The monoisotopic (exact) mass is 322 g/mol. The van der Waals surface area contributed by atoms with Gasteiger partial charge in [-0.25, -0.2) is 0 Å². The van der Waals surface area contributed by atoms with Crippen molar-refractivity contribution in [1.82, 2.24) is 10.1 Å². The number of carbonyl (C=O) groups is 1. The first-order valence-electron chi connectivity index (χ1n) is 7.68. The number of aryl methyl sites for hydroxylation is 1. The lowest BCUT2D eigenvalue weighted by Crippen LogP contribution is -2.34. The highest BCUT2D eigenvalue weighted by atomic mass is 35.5. The first-order valence-corrected chi connectivity index (χ1v) is 8.06. The molecule has 3 rings (SSSR count). The fourth-order valence-electron chi connectivity index (χ4n) is 2.96. The number of rotatable bonds is 4. The molecule has 0 N–H and O–H groups in total. The summed E-state index contributed by atoms with van der Waals surface area (Å²) in [7, 11) is 0. The Morgan fingerprint density at radius 2 is 2.32 bits per heavy atom. The van der Waals surface area contributed by atoms with Crippen LogP contribution in [0.4, 0.5) is 0 Å². The molecule has 0 saturated carbocycles. The first-order chi connectivity index (χ1) is 10.7. The van der Waals surface area contributed by atoms with Crippen LogP contribution in [0.15, 0.2) is 33.4 Å². The standard InChI is InChI=1S/C16H19ClN2O3/c17-15-11-12(22-18-15)7-8-16(20)19-9-3-1-2-5-13(19)14-6-4-10-21-14/h4,6,10-11,13H,1-3,5,7-9H2. The Morgan fingerprint density at radius 3 is 3.05 bits per heavy atom. The van der Waals surface area contributed by atoms with Gasteiger partial charge < -0.3 is 13.8 Å². The van der Waals surface area contributed by atoms with Crippen LogP contribution in [0.5, 0.6) is 0 Å². The Balaban J connectivity index is 1.67. The summed E-state index contributed by atoms with van der Waals surface area (Å²) in [4.78, 5) is 14.6. The van der Waals surface area contributed by atoms with E-state index in [9.17, 15) is 4.79 Å². The maximum atomic E-state index is 12.6. The van der Waals surface area contributed by atoms with Gasteiger partial charge in [-0.2, -0.15) is 0 Å². The van der Waals surface area contributed by atoms with Crippen LogP contribution in [0.1, 0.15) is 49.7 Å². The first kappa shape index (κ1) is 15.2. The van der Waals surface area contributed by atoms with Gasteiger partial charge in [-0.05, 0) is 25.0 Å². The number of furan rings is 1. The smallest absolute Gasteiger partial charge is 0.223 e. The molecule has 6 heteroatoms. The summed E-state index contributed by atoms with van der Waals surface area (Å²) in [5.74, 6) is 1.64. The SMILES string of the molecule is O=C(CCc1cc(Cl)no1)N1CCCCCC1c1ccco1. The Kier molecular flexibility index (Phi) is 4.83. The van der Waals surface area contributed by atoms with Gasteiger partial charge in [0.1, 0.15) is 11.5 Å². The third kappa shape index (κ3) is 3.53. The van der Waals surface area contributed by atoms with E-state index in [1.807, 2.05) is 17.0 Å². The lowest BCUT2D eigenvalue weighted by Gasteiger charge is -2.28. The average Bonchev–Trinajstić information content (AvgIpc) is 3.12. The molecule has 1 fully saturated rings. The molecule has 0 radical (unpaired) electrons. The highest BCUT2D eigenvalue weighted by Gasteiger charge is 2.28. The summed E-state index contributed by atoms with van der Waals surface area (Å²) in [6, 6.07) is 5.52. The molecule has 0 aliphatic carbocycles. The van der Waals surface area contributed by atoms with Crippen molar-refractivity contribution < 1.29 is 13.7 Å². The lowest BCUT2D eigenvalue weighted by atomic mass is 10.1. The van der Waals surface area contributed by atoms with E-state index in [0.29, 0.717) is 23.8 Å². The maximum Gasteiger partial charge on any atom is 0.223 e. The average molecular weight is 323 g/mol. The number of nitrogens with zero attached hydrogens (tertiary/aromatic N) is 2. The predicted octanol–water partition coefficient (Wildman–Crippen LogP) is 4.00. The van der Waals surface area contributed by atoms with Gasteiger partial charge in [-0.3, -0.25) is 4.79 Å². The number of halogens is 1. The van der Waals surface area contributed by atoms with Crippen LogP contribution in [-0.2, 0) is 11.2 Å². The van der Waals surface area contributed by atoms with E-state index in [2.05, 4.69) is 5.16 Å². The van der Waals surface area contributed by atoms with E-state index in [-0.39, 0.29) is 11.9 Å². The second-order valence-electron chi connectivity index (χ2n) is 5.58. The molecule has 5 nitrogen and oxygen atoms in total. The van der Waals surface area contributed by atoms with Gasteiger partial charge in [0.15, 0.2) is 5.15 Å². The van der Waals surface area contributed by atoms with Crippen LogP contribution in [0.25, 0.3) is 0 Å². The van der Waals surface area contributed by atoms with Gasteiger partial charge >= 0.3 is 0 Å². The lowest BCUT2D eigenvalue weighted by molar-refractivity contribution is -0.134. The van der Waals surface area contributed by atoms with Crippen LogP contribution in [0.2, 0.25) is 5.15 Å². The van der Waals surface area contributed by atoms with Gasteiger partial charge in [-0.1, -0.05) is 29.6 Å². The van der Waals surface area contributed by atoms with Gasteiger partial charge in [0.25, 0.3) is 0 Å². The Hall–Kier alpha value is -1.75. The zero-order chi connectivity index (χ0) is 15.4. The van der Waals surface area contributed by atoms with Crippen molar-refractivity contribution in [3.05, 3.63) is 41.1 Å². The molecule has 22 heavy (non-hydrogen) atoms. The minimum Gasteiger partial charge on any atom is -0.467 e. The molecule has 2 aromatic rings. The molecule has 0 bridgehead atoms. The summed E-state index contributed by atoms with van der Waals surface area (Å²) < 4.78 is 10.6. The molecule has 1 aliphatic rings. The number of carbonyl (C=O) groups excluding carboxylic acids is 1. The second kappa shape index (κ2) is 7.01. The number of amides is 1. The topological polar surface area (TPSA) is 59.5 Å². The summed E-state index contributed by atoms with van der Waals surface area (Å²) >= 11 is 5.72. The molecule has 118 valence electrons. The van der Waals surface area contributed by atoms with E-state index < -0.39 is 0 Å². The quantitative estimate of drug-likeness (QED) is 0.853. The van der Waals surface area contributed by atoms with Crippen molar-refractivity contribution in [3.63, 3.8) is 0 Å². The number of hydrogen-bond acceptors (Lipinski definition) is 4. The van der Waals surface area contributed by atoms with E-state index in [4.69, 9.17) is 20.5 Å². The molecule has 0 spiro atoms. The van der Waals surface area contributed by atoms with Crippen LogP contribution >= 0.6 is 11.6 Å². The highest BCUT2D eigenvalue weighted by Crippen LogP contribution is 2.31. The molecular formula is C16H19ClN2O3. The van der Waals surface area contributed by atoms with Gasteiger partial charge in [-0.15, -0.1) is 0 Å². The van der Waals surface area contributed by atoms with Gasteiger partial charge in [0, 0.05) is 25.5 Å². The van der Waals surface area contributed by atoms with Gasteiger partial charge in [0.2, 0.25) is 5.91 Å². The zero-order valence-corrected chi connectivity index (χ0v) is 13.1. The van der Waals surface area contributed by atoms with E-state index in [1.165, 1.54) is 0 Å². The van der Waals surface area contributed by atoms with Crippen molar-refractivity contribution in [1.29, 1.82) is 0 Å². The largest absolute Gasteiger partial charge is 0.467 e. The van der Waals surface area contributed by atoms with Crippen LogP contribution in [0.3, 0.4) is 0 Å². The third-order valence-electron chi connectivity index (χ3n) is 4.06. The predicted molar refractivity (Wildman–Crippen MR) is 81.5 cm³/mol. The Morgan fingerprint density at radius 1 is 1.41 bits per heavy atom. The minimum atomic E-state index is 0.0447. The maximum absolute atomic E-state index is 12.6. The van der Waals surface area contributed by atoms with Crippen molar-refractivity contribution in [3.8, 4) is 0 Å². The number of likely N-dealkylation sites (tertiary alicyclic amines) is 1. The molecule has 0 aromatic carbocycles. The van der Waals surface area contributed by atoms with Crippen molar-refractivity contribution in [2.75, 3.05) is 6.54 Å². The Labute approximate surface area is 134 Å².